The molecule has 10 heteroatoms. The molecule has 0 bridgehead atoms. The predicted octanol–water partition coefficient (Wildman–Crippen LogP) is 5.01. The molecule has 40 heavy (non-hydrogen) atoms. The molecule has 0 radical (unpaired) electrons. The van der Waals surface area contributed by atoms with Gasteiger partial charge in [-0.15, -0.1) is 0 Å². The second-order valence-electron chi connectivity index (χ2n) is 9.35. The van der Waals surface area contributed by atoms with Crippen molar-refractivity contribution in [1.82, 2.24) is 24.8 Å². The first-order valence-corrected chi connectivity index (χ1v) is 13.6. The fourth-order valence-corrected chi connectivity index (χ4v) is 4.52. The first-order chi connectivity index (χ1) is 19.4. The highest BCUT2D eigenvalue weighted by molar-refractivity contribution is 5.97. The van der Waals surface area contributed by atoms with Crippen molar-refractivity contribution in [3.63, 3.8) is 0 Å². The van der Waals surface area contributed by atoms with Crippen molar-refractivity contribution >= 4 is 22.9 Å². The smallest absolute Gasteiger partial charge is 0.256 e. The number of hydrogen-bond acceptors (Lipinski definition) is 6. The van der Waals surface area contributed by atoms with Gasteiger partial charge in [-0.25, -0.2) is 13.8 Å². The lowest BCUT2D eigenvalue weighted by atomic mass is 10.0. The van der Waals surface area contributed by atoms with E-state index in [1.807, 2.05) is 6.92 Å². The number of aromatic nitrogens is 3. The van der Waals surface area contributed by atoms with Gasteiger partial charge in [0.15, 0.2) is 5.65 Å². The van der Waals surface area contributed by atoms with Gasteiger partial charge in [0.05, 0.1) is 5.69 Å². The van der Waals surface area contributed by atoms with E-state index in [1.165, 1.54) is 18.2 Å². The summed E-state index contributed by atoms with van der Waals surface area (Å²) in [5.74, 6) is -1.79. The number of pyridine rings is 1. The Labute approximate surface area is 232 Å². The minimum absolute atomic E-state index is 0.0496. The minimum atomic E-state index is -0.891. The van der Waals surface area contributed by atoms with Crippen LogP contribution >= 0.6 is 0 Å². The van der Waals surface area contributed by atoms with Crippen molar-refractivity contribution in [2.24, 2.45) is 0 Å². The number of fused-ring (bicyclic) bond motifs is 1. The number of nitrogens with zero attached hydrogens (tertiary/aromatic N) is 4. The fourth-order valence-electron chi connectivity index (χ4n) is 4.52. The zero-order valence-electron chi connectivity index (χ0n) is 23.0. The first kappa shape index (κ1) is 28.8. The van der Waals surface area contributed by atoms with Gasteiger partial charge in [0, 0.05) is 35.7 Å². The SMILES string of the molecule is CCCNC(=O)c1cccc(-c2nc(NCCCN(CC)CC)nc3c2ccc(=O)n3-c2c(F)cccc2F)c1. The van der Waals surface area contributed by atoms with E-state index < -0.39 is 22.9 Å². The standard InChI is InChI=1S/C30H34F2N6O2/c1-4-16-33-29(40)21-11-7-10-20(19-21)26-22-14-15-25(39)38(27-23(31)12-8-13-24(27)32)28(22)36-30(35-26)34-17-9-18-37(5-2)6-3/h7-8,10-15,19H,4-6,9,16-18H2,1-3H3,(H,33,40)(H,34,35,36). The molecular weight excluding hydrogens is 514 g/mol. The van der Waals surface area contributed by atoms with Crippen LogP contribution in [0, 0.1) is 11.6 Å². The largest absolute Gasteiger partial charge is 0.354 e. The molecule has 0 saturated carbocycles. The first-order valence-electron chi connectivity index (χ1n) is 13.6. The minimum Gasteiger partial charge on any atom is -0.354 e. The second kappa shape index (κ2) is 13.3. The lowest BCUT2D eigenvalue weighted by Gasteiger charge is -2.18. The predicted molar refractivity (Wildman–Crippen MR) is 154 cm³/mol. The Bertz CT molecular complexity index is 1530. The Hall–Kier alpha value is -4.18. The van der Waals surface area contributed by atoms with Gasteiger partial charge in [-0.3, -0.25) is 14.2 Å². The molecular formula is C30H34F2N6O2. The van der Waals surface area contributed by atoms with E-state index in [1.54, 1.807) is 24.3 Å². The molecule has 4 rings (SSSR count). The summed E-state index contributed by atoms with van der Waals surface area (Å²) in [7, 11) is 0. The van der Waals surface area contributed by atoms with Crippen LogP contribution in [0.1, 0.15) is 44.0 Å². The molecule has 0 fully saturated rings. The molecule has 0 aliphatic carbocycles. The summed E-state index contributed by atoms with van der Waals surface area (Å²) in [5, 5.41) is 6.48. The molecule has 2 N–H and O–H groups in total. The van der Waals surface area contributed by atoms with Gasteiger partial charge in [0.25, 0.3) is 11.5 Å². The average molecular weight is 549 g/mol. The Balaban J connectivity index is 1.86. The number of para-hydroxylation sites is 1. The molecule has 1 amide bonds. The zero-order chi connectivity index (χ0) is 28.6. The number of rotatable bonds is 12. The van der Waals surface area contributed by atoms with E-state index in [0.717, 1.165) is 49.2 Å². The number of carbonyl (C=O) groups excluding carboxylic acids is 1. The Kier molecular flexibility index (Phi) is 9.55. The Morgan fingerprint density at radius 3 is 2.38 bits per heavy atom. The van der Waals surface area contributed by atoms with Gasteiger partial charge < -0.3 is 15.5 Å². The molecule has 2 aromatic heterocycles. The van der Waals surface area contributed by atoms with Crippen LogP contribution in [0.3, 0.4) is 0 Å². The van der Waals surface area contributed by atoms with Crippen molar-refractivity contribution in [1.29, 1.82) is 0 Å². The molecule has 0 aliphatic heterocycles. The van der Waals surface area contributed by atoms with Gasteiger partial charge in [-0.05, 0) is 62.8 Å². The molecule has 0 atom stereocenters. The maximum atomic E-state index is 14.9. The molecule has 2 aromatic carbocycles. The number of hydrogen-bond donors (Lipinski definition) is 2. The van der Waals surface area contributed by atoms with Gasteiger partial charge in [-0.1, -0.05) is 39.0 Å². The number of benzene rings is 2. The molecule has 210 valence electrons. The Morgan fingerprint density at radius 1 is 0.950 bits per heavy atom. The highest BCUT2D eigenvalue weighted by atomic mass is 19.1. The van der Waals surface area contributed by atoms with E-state index in [2.05, 4.69) is 34.4 Å². The van der Waals surface area contributed by atoms with Gasteiger partial charge in [0.1, 0.15) is 17.3 Å². The maximum Gasteiger partial charge on any atom is 0.256 e. The molecule has 0 aliphatic rings. The van der Waals surface area contributed by atoms with Crippen LogP contribution in [0.15, 0.2) is 59.4 Å². The third-order valence-electron chi connectivity index (χ3n) is 6.67. The average Bonchev–Trinajstić information content (AvgIpc) is 2.96. The lowest BCUT2D eigenvalue weighted by Crippen LogP contribution is -2.25. The molecule has 0 unspecified atom stereocenters. The highest BCUT2D eigenvalue weighted by Crippen LogP contribution is 2.29. The summed E-state index contributed by atoms with van der Waals surface area (Å²) in [4.78, 5) is 37.3. The molecule has 0 saturated heterocycles. The summed E-state index contributed by atoms with van der Waals surface area (Å²) in [6.45, 7) is 10.0. The van der Waals surface area contributed by atoms with Crippen molar-refractivity contribution in [2.45, 2.75) is 33.6 Å². The van der Waals surface area contributed by atoms with E-state index >= 15 is 0 Å². The van der Waals surface area contributed by atoms with Crippen LogP contribution in [0.25, 0.3) is 28.0 Å². The van der Waals surface area contributed by atoms with E-state index in [4.69, 9.17) is 4.98 Å². The fraction of sp³-hybridized carbons (Fsp3) is 0.333. The monoisotopic (exact) mass is 548 g/mol. The van der Waals surface area contributed by atoms with Crippen molar-refractivity contribution in [3.05, 3.63) is 82.1 Å². The van der Waals surface area contributed by atoms with Crippen molar-refractivity contribution in [3.8, 4) is 16.9 Å². The number of halogens is 2. The van der Waals surface area contributed by atoms with Crippen LogP contribution in [0.2, 0.25) is 0 Å². The normalized spacial score (nSPS) is 11.2. The second-order valence-corrected chi connectivity index (χ2v) is 9.35. The van der Waals surface area contributed by atoms with E-state index in [0.29, 0.717) is 35.3 Å². The van der Waals surface area contributed by atoms with Crippen molar-refractivity contribution < 1.29 is 13.6 Å². The quantitative estimate of drug-likeness (QED) is 0.242. The topological polar surface area (TPSA) is 92.2 Å². The summed E-state index contributed by atoms with van der Waals surface area (Å²) in [6.07, 6.45) is 1.62. The van der Waals surface area contributed by atoms with Gasteiger partial charge in [0.2, 0.25) is 5.95 Å². The van der Waals surface area contributed by atoms with Crippen LogP contribution in [-0.4, -0.2) is 58.1 Å². The van der Waals surface area contributed by atoms with E-state index in [-0.39, 0.29) is 17.5 Å². The van der Waals surface area contributed by atoms with Crippen LogP contribution < -0.4 is 16.2 Å². The third-order valence-corrected chi connectivity index (χ3v) is 6.67. The third kappa shape index (κ3) is 6.34. The summed E-state index contributed by atoms with van der Waals surface area (Å²) >= 11 is 0. The van der Waals surface area contributed by atoms with Crippen molar-refractivity contribution in [2.75, 3.05) is 38.0 Å². The number of amides is 1. The molecule has 2 heterocycles. The maximum absolute atomic E-state index is 14.9. The highest BCUT2D eigenvalue weighted by Gasteiger charge is 2.20. The van der Waals surface area contributed by atoms with Crippen LogP contribution in [-0.2, 0) is 0 Å². The molecule has 4 aromatic rings. The number of anilines is 1. The van der Waals surface area contributed by atoms with Gasteiger partial charge in [-0.2, -0.15) is 4.98 Å². The molecule has 0 spiro atoms. The van der Waals surface area contributed by atoms with Gasteiger partial charge >= 0.3 is 0 Å². The summed E-state index contributed by atoms with van der Waals surface area (Å²) < 4.78 is 30.7. The lowest BCUT2D eigenvalue weighted by molar-refractivity contribution is 0.0953. The summed E-state index contributed by atoms with van der Waals surface area (Å²) in [5.41, 5.74) is 0.367. The molecule has 8 nitrogen and oxygen atoms in total. The summed E-state index contributed by atoms with van der Waals surface area (Å²) in [6, 6.07) is 13.1. The number of nitrogens with one attached hydrogen (secondary N) is 2. The van der Waals surface area contributed by atoms with E-state index in [9.17, 15) is 18.4 Å². The Morgan fingerprint density at radius 2 is 1.68 bits per heavy atom. The number of carbonyl (C=O) groups is 1. The zero-order valence-corrected chi connectivity index (χ0v) is 23.0. The van der Waals surface area contributed by atoms with Crippen LogP contribution in [0.5, 0.6) is 0 Å². The van der Waals surface area contributed by atoms with Crippen LogP contribution in [0.4, 0.5) is 14.7 Å².